The van der Waals surface area contributed by atoms with Crippen LogP contribution in [-0.2, 0) is 6.61 Å². The zero-order valence-corrected chi connectivity index (χ0v) is 13.9. The molecule has 0 amide bonds. The molecule has 128 valence electrons. The molecule has 0 aliphatic heterocycles. The van der Waals surface area contributed by atoms with Crippen molar-refractivity contribution in [3.8, 4) is 17.2 Å². The maximum atomic E-state index is 11.1. The molecule has 0 saturated carbocycles. The molecule has 1 heterocycles. The van der Waals surface area contributed by atoms with E-state index < -0.39 is 4.92 Å². The predicted molar refractivity (Wildman–Crippen MR) is 91.3 cm³/mol. The summed E-state index contributed by atoms with van der Waals surface area (Å²) >= 11 is 0. The van der Waals surface area contributed by atoms with Crippen molar-refractivity contribution in [3.05, 3.63) is 70.1 Å². The van der Waals surface area contributed by atoms with Crippen molar-refractivity contribution in [3.63, 3.8) is 0 Å². The van der Waals surface area contributed by atoms with Crippen molar-refractivity contribution in [2.45, 2.75) is 26.4 Å². The average Bonchev–Trinajstić information content (AvgIpc) is 3.09. The summed E-state index contributed by atoms with van der Waals surface area (Å²) in [5, 5.41) is 18.8. The van der Waals surface area contributed by atoms with Gasteiger partial charge in [-0.05, 0) is 29.7 Å². The van der Waals surface area contributed by atoms with Gasteiger partial charge in [0, 0.05) is 6.07 Å². The van der Waals surface area contributed by atoms with Crippen molar-refractivity contribution in [2.24, 2.45) is 0 Å². The number of nitrogens with zero attached hydrogens (tertiary/aromatic N) is 3. The summed E-state index contributed by atoms with van der Waals surface area (Å²) in [5.74, 6) is 1.49. The minimum absolute atomic E-state index is 0.0807. The van der Waals surface area contributed by atoms with Crippen molar-refractivity contribution in [1.29, 1.82) is 0 Å². The normalized spacial score (nSPS) is 10.8. The first kappa shape index (κ1) is 16.6. The highest BCUT2D eigenvalue weighted by molar-refractivity contribution is 5.66. The fourth-order valence-electron chi connectivity index (χ4n) is 2.33. The molecule has 2 aromatic carbocycles. The number of aromatic nitrogens is 2. The number of para-hydroxylation sites is 1. The number of rotatable bonds is 6. The van der Waals surface area contributed by atoms with E-state index >= 15 is 0 Å². The van der Waals surface area contributed by atoms with Gasteiger partial charge in [0.15, 0.2) is 6.61 Å². The fraction of sp³-hybridized carbons (Fsp3) is 0.222. The van der Waals surface area contributed by atoms with E-state index in [0.717, 1.165) is 0 Å². The molecular weight excluding hydrogens is 322 g/mol. The Labute approximate surface area is 144 Å². The number of hydrogen-bond donors (Lipinski definition) is 0. The Hall–Kier alpha value is -3.22. The second-order valence-corrected chi connectivity index (χ2v) is 5.79. The van der Waals surface area contributed by atoms with Gasteiger partial charge in [0.2, 0.25) is 0 Å². The topological polar surface area (TPSA) is 91.3 Å². The lowest BCUT2D eigenvalue weighted by atomic mass is 10.0. The minimum atomic E-state index is -0.480. The highest BCUT2D eigenvalue weighted by Crippen LogP contribution is 2.28. The quantitative estimate of drug-likeness (QED) is 0.490. The van der Waals surface area contributed by atoms with Gasteiger partial charge in [-0.2, -0.15) is 0 Å². The van der Waals surface area contributed by atoms with Crippen molar-refractivity contribution in [2.75, 3.05) is 0 Å². The molecule has 0 bridgehead atoms. The molecular formula is C18H17N3O4. The van der Waals surface area contributed by atoms with Gasteiger partial charge in [0.25, 0.3) is 17.5 Å². The molecule has 0 saturated heterocycles. The van der Waals surface area contributed by atoms with E-state index in [1.807, 2.05) is 24.3 Å². The third kappa shape index (κ3) is 3.82. The average molecular weight is 339 g/mol. The van der Waals surface area contributed by atoms with E-state index in [4.69, 9.17) is 9.15 Å². The van der Waals surface area contributed by atoms with Gasteiger partial charge in [-0.15, -0.1) is 10.2 Å². The zero-order valence-electron chi connectivity index (χ0n) is 13.9. The molecule has 0 fully saturated rings. The molecule has 25 heavy (non-hydrogen) atoms. The van der Waals surface area contributed by atoms with Gasteiger partial charge in [-0.1, -0.05) is 38.1 Å². The van der Waals surface area contributed by atoms with Gasteiger partial charge in [0.05, 0.1) is 4.92 Å². The van der Waals surface area contributed by atoms with Crippen LogP contribution >= 0.6 is 0 Å². The molecule has 1 aromatic heterocycles. The predicted octanol–water partition coefficient (Wildman–Crippen LogP) is 4.35. The monoisotopic (exact) mass is 339 g/mol. The van der Waals surface area contributed by atoms with Crippen LogP contribution in [0.2, 0.25) is 0 Å². The Morgan fingerprint density at radius 2 is 1.84 bits per heavy atom. The third-order valence-electron chi connectivity index (χ3n) is 3.71. The summed E-state index contributed by atoms with van der Waals surface area (Å²) in [6.45, 7) is 4.34. The molecule has 7 nitrogen and oxygen atoms in total. The van der Waals surface area contributed by atoms with E-state index in [0.29, 0.717) is 11.7 Å². The van der Waals surface area contributed by atoms with Crippen molar-refractivity contribution < 1.29 is 14.1 Å². The number of ether oxygens (including phenoxy) is 1. The second kappa shape index (κ2) is 7.12. The lowest BCUT2D eigenvalue weighted by Gasteiger charge is -2.07. The van der Waals surface area contributed by atoms with Crippen LogP contribution in [0.25, 0.3) is 11.5 Å². The Bertz CT molecular complexity index is 872. The van der Waals surface area contributed by atoms with Crippen LogP contribution in [0.15, 0.2) is 52.9 Å². The van der Waals surface area contributed by atoms with Crippen LogP contribution < -0.4 is 4.74 Å². The number of nitro groups is 1. The molecule has 3 aromatic rings. The van der Waals surface area contributed by atoms with Crippen LogP contribution in [-0.4, -0.2) is 15.1 Å². The lowest BCUT2D eigenvalue weighted by Crippen LogP contribution is -1.96. The van der Waals surface area contributed by atoms with E-state index in [1.54, 1.807) is 18.2 Å². The first-order valence-electron chi connectivity index (χ1n) is 7.83. The number of benzene rings is 2. The van der Waals surface area contributed by atoms with Gasteiger partial charge < -0.3 is 9.15 Å². The lowest BCUT2D eigenvalue weighted by molar-refractivity contribution is -0.384. The van der Waals surface area contributed by atoms with E-state index in [9.17, 15) is 10.1 Å². The number of nitro benzene ring substituents is 1. The van der Waals surface area contributed by atoms with Crippen LogP contribution in [0.5, 0.6) is 5.75 Å². The summed E-state index contributed by atoms with van der Waals surface area (Å²) in [6, 6.07) is 14.0. The van der Waals surface area contributed by atoms with Gasteiger partial charge in [-0.3, -0.25) is 10.1 Å². The molecule has 0 N–H and O–H groups in total. The van der Waals surface area contributed by atoms with E-state index in [2.05, 4.69) is 24.0 Å². The van der Waals surface area contributed by atoms with Crippen LogP contribution in [0, 0.1) is 10.1 Å². The molecule has 0 spiro atoms. The van der Waals surface area contributed by atoms with Gasteiger partial charge >= 0.3 is 0 Å². The Kier molecular flexibility index (Phi) is 4.74. The summed E-state index contributed by atoms with van der Waals surface area (Å²) in [6.07, 6.45) is 0. The van der Waals surface area contributed by atoms with Crippen LogP contribution in [0.4, 0.5) is 5.69 Å². The van der Waals surface area contributed by atoms with Crippen molar-refractivity contribution in [1.82, 2.24) is 10.2 Å². The molecule has 7 heteroatoms. The molecule has 0 aliphatic rings. The first-order valence-corrected chi connectivity index (χ1v) is 7.83. The third-order valence-corrected chi connectivity index (χ3v) is 3.71. The summed E-state index contributed by atoms with van der Waals surface area (Å²) < 4.78 is 11.1. The highest BCUT2D eigenvalue weighted by Gasteiger charge is 2.19. The second-order valence-electron chi connectivity index (χ2n) is 5.79. The van der Waals surface area contributed by atoms with Crippen LogP contribution in [0.1, 0.15) is 31.2 Å². The van der Waals surface area contributed by atoms with Crippen molar-refractivity contribution >= 4 is 5.69 Å². The molecule has 0 radical (unpaired) electrons. The summed E-state index contributed by atoms with van der Waals surface area (Å²) in [5.41, 5.74) is 1.43. The number of hydrogen-bond acceptors (Lipinski definition) is 6. The molecule has 3 rings (SSSR count). The maximum absolute atomic E-state index is 11.1. The molecule has 0 atom stereocenters. The smallest absolute Gasteiger partial charge is 0.282 e. The molecule has 0 unspecified atom stereocenters. The molecule has 0 aliphatic carbocycles. The van der Waals surface area contributed by atoms with Crippen LogP contribution in [0.3, 0.4) is 0 Å². The largest absolute Gasteiger partial charge is 0.484 e. The SMILES string of the molecule is CC(C)c1ccc(OCc2nnc(-c3ccccc3[N+](=O)[O-])o2)cc1. The van der Waals surface area contributed by atoms with Gasteiger partial charge in [-0.25, -0.2) is 0 Å². The zero-order chi connectivity index (χ0) is 17.8. The first-order chi connectivity index (χ1) is 12.0. The van der Waals surface area contributed by atoms with E-state index in [1.165, 1.54) is 11.6 Å². The standard InChI is InChI=1S/C18H17N3O4/c1-12(2)13-7-9-14(10-8-13)24-11-17-19-20-18(25-17)15-5-3-4-6-16(15)21(22)23/h3-10,12H,11H2,1-2H3. The minimum Gasteiger partial charge on any atom is -0.484 e. The van der Waals surface area contributed by atoms with Gasteiger partial charge in [0.1, 0.15) is 11.3 Å². The Balaban J connectivity index is 1.71. The summed E-state index contributed by atoms with van der Waals surface area (Å²) in [7, 11) is 0. The summed E-state index contributed by atoms with van der Waals surface area (Å²) in [4.78, 5) is 10.6. The van der Waals surface area contributed by atoms with E-state index in [-0.39, 0.29) is 29.6 Å². The fourth-order valence-corrected chi connectivity index (χ4v) is 2.33. The highest BCUT2D eigenvalue weighted by atomic mass is 16.6. The maximum Gasteiger partial charge on any atom is 0.282 e. The Morgan fingerprint density at radius 3 is 2.52 bits per heavy atom. The Morgan fingerprint density at radius 1 is 1.12 bits per heavy atom.